The van der Waals surface area contributed by atoms with Crippen LogP contribution in [0.2, 0.25) is 0 Å². The molecule has 0 saturated carbocycles. The number of aromatic nitrogens is 2. The molecule has 1 N–H and O–H groups in total. The highest BCUT2D eigenvalue weighted by molar-refractivity contribution is 5.48. The van der Waals surface area contributed by atoms with Gasteiger partial charge in [-0.2, -0.15) is 13.2 Å². The fourth-order valence-corrected chi connectivity index (χ4v) is 1.55. The molecule has 0 aliphatic rings. The standard InChI is InChI=1S/C12H18F3N3O/c1-8(2)11-16-6-10(9(7-19)17-11)18(3)5-4-12(13,14)15/h6,8,19H,4-5,7H2,1-3H3. The van der Waals surface area contributed by atoms with E-state index in [-0.39, 0.29) is 19.1 Å². The monoisotopic (exact) mass is 277 g/mol. The Morgan fingerprint density at radius 3 is 2.47 bits per heavy atom. The van der Waals surface area contributed by atoms with E-state index in [1.165, 1.54) is 18.1 Å². The van der Waals surface area contributed by atoms with Crippen LogP contribution < -0.4 is 4.90 Å². The van der Waals surface area contributed by atoms with E-state index in [0.29, 0.717) is 17.2 Å². The highest BCUT2D eigenvalue weighted by Gasteiger charge is 2.27. The summed E-state index contributed by atoms with van der Waals surface area (Å²) in [6.07, 6.45) is -3.66. The number of nitrogens with zero attached hydrogens (tertiary/aromatic N) is 3. The Bertz CT molecular complexity index is 421. The van der Waals surface area contributed by atoms with Gasteiger partial charge in [0.15, 0.2) is 0 Å². The average Bonchev–Trinajstić information content (AvgIpc) is 2.34. The van der Waals surface area contributed by atoms with E-state index in [0.717, 1.165) is 0 Å². The number of anilines is 1. The third-order valence-electron chi connectivity index (χ3n) is 2.67. The van der Waals surface area contributed by atoms with Crippen molar-refractivity contribution in [3.05, 3.63) is 17.7 Å². The van der Waals surface area contributed by atoms with Crippen molar-refractivity contribution in [1.29, 1.82) is 0 Å². The number of aliphatic hydroxyl groups is 1. The number of hydrogen-bond acceptors (Lipinski definition) is 4. The Balaban J connectivity index is 2.87. The minimum atomic E-state index is -4.20. The second-order valence-electron chi connectivity index (χ2n) is 4.66. The lowest BCUT2D eigenvalue weighted by atomic mass is 10.2. The number of rotatable bonds is 5. The van der Waals surface area contributed by atoms with Crippen molar-refractivity contribution in [2.45, 2.75) is 39.0 Å². The number of halogens is 3. The van der Waals surface area contributed by atoms with Crippen LogP contribution in [-0.4, -0.2) is 34.8 Å². The summed E-state index contributed by atoms with van der Waals surface area (Å²) in [4.78, 5) is 9.69. The van der Waals surface area contributed by atoms with Gasteiger partial charge in [-0.3, -0.25) is 0 Å². The molecule has 19 heavy (non-hydrogen) atoms. The quantitative estimate of drug-likeness (QED) is 0.898. The highest BCUT2D eigenvalue weighted by atomic mass is 19.4. The smallest absolute Gasteiger partial charge is 0.390 e. The van der Waals surface area contributed by atoms with Crippen LogP contribution in [0.5, 0.6) is 0 Å². The predicted octanol–water partition coefficient (Wildman–Crippen LogP) is 2.48. The van der Waals surface area contributed by atoms with E-state index in [1.807, 2.05) is 13.8 Å². The summed E-state index contributed by atoms with van der Waals surface area (Å²) in [6, 6.07) is 0. The molecular weight excluding hydrogens is 259 g/mol. The summed E-state index contributed by atoms with van der Waals surface area (Å²) in [5.74, 6) is 0.664. The Kier molecular flexibility index (Phi) is 5.11. The predicted molar refractivity (Wildman–Crippen MR) is 66.0 cm³/mol. The first kappa shape index (κ1) is 15.7. The van der Waals surface area contributed by atoms with Crippen LogP contribution in [0.3, 0.4) is 0 Å². The summed E-state index contributed by atoms with van der Waals surface area (Å²) >= 11 is 0. The second-order valence-corrected chi connectivity index (χ2v) is 4.66. The van der Waals surface area contributed by atoms with E-state index in [2.05, 4.69) is 9.97 Å². The maximum absolute atomic E-state index is 12.2. The van der Waals surface area contributed by atoms with Crippen molar-refractivity contribution in [2.24, 2.45) is 0 Å². The molecule has 0 aliphatic heterocycles. The molecule has 108 valence electrons. The van der Waals surface area contributed by atoms with E-state index in [1.54, 1.807) is 0 Å². The first-order chi connectivity index (χ1) is 8.74. The van der Waals surface area contributed by atoms with Crippen molar-refractivity contribution in [1.82, 2.24) is 9.97 Å². The maximum atomic E-state index is 12.2. The first-order valence-corrected chi connectivity index (χ1v) is 5.99. The SMILES string of the molecule is CC(C)c1ncc(N(C)CCC(F)(F)F)c(CO)n1. The van der Waals surface area contributed by atoms with Crippen molar-refractivity contribution in [3.63, 3.8) is 0 Å². The van der Waals surface area contributed by atoms with Crippen LogP contribution in [0.15, 0.2) is 6.20 Å². The fourth-order valence-electron chi connectivity index (χ4n) is 1.55. The van der Waals surface area contributed by atoms with Gasteiger partial charge in [0.05, 0.1) is 30.6 Å². The number of aliphatic hydroxyl groups excluding tert-OH is 1. The molecule has 0 aromatic carbocycles. The summed E-state index contributed by atoms with van der Waals surface area (Å²) in [5, 5.41) is 9.26. The van der Waals surface area contributed by atoms with Crippen LogP contribution in [0.25, 0.3) is 0 Å². The van der Waals surface area contributed by atoms with E-state index in [9.17, 15) is 18.3 Å². The van der Waals surface area contributed by atoms with Gasteiger partial charge in [-0.1, -0.05) is 13.8 Å². The molecule has 7 heteroatoms. The summed E-state index contributed by atoms with van der Waals surface area (Å²) < 4.78 is 36.5. The summed E-state index contributed by atoms with van der Waals surface area (Å²) in [5.41, 5.74) is 0.777. The normalized spacial score (nSPS) is 12.0. The maximum Gasteiger partial charge on any atom is 0.390 e. The van der Waals surface area contributed by atoms with Gasteiger partial charge in [-0.25, -0.2) is 9.97 Å². The van der Waals surface area contributed by atoms with E-state index >= 15 is 0 Å². The molecule has 0 amide bonds. The van der Waals surface area contributed by atoms with Crippen molar-refractivity contribution in [2.75, 3.05) is 18.5 Å². The molecule has 0 bridgehead atoms. The van der Waals surface area contributed by atoms with Crippen LogP contribution in [0.1, 0.15) is 37.7 Å². The zero-order chi connectivity index (χ0) is 14.6. The third kappa shape index (κ3) is 4.66. The Hall–Kier alpha value is -1.37. The van der Waals surface area contributed by atoms with Crippen molar-refractivity contribution >= 4 is 5.69 Å². The Morgan fingerprint density at radius 2 is 2.00 bits per heavy atom. The molecule has 0 radical (unpaired) electrons. The lowest BCUT2D eigenvalue weighted by molar-refractivity contribution is -0.132. The van der Waals surface area contributed by atoms with Crippen LogP contribution in [0.4, 0.5) is 18.9 Å². The molecule has 0 fully saturated rings. The number of hydrogen-bond donors (Lipinski definition) is 1. The average molecular weight is 277 g/mol. The molecule has 1 rings (SSSR count). The molecule has 4 nitrogen and oxygen atoms in total. The van der Waals surface area contributed by atoms with Gasteiger partial charge in [0.1, 0.15) is 5.82 Å². The van der Waals surface area contributed by atoms with Crippen LogP contribution in [0, 0.1) is 0 Å². The van der Waals surface area contributed by atoms with Crippen LogP contribution in [-0.2, 0) is 6.61 Å². The molecule has 0 saturated heterocycles. The molecule has 1 aromatic rings. The lowest BCUT2D eigenvalue weighted by Gasteiger charge is -2.22. The van der Waals surface area contributed by atoms with Gasteiger partial charge in [-0.15, -0.1) is 0 Å². The van der Waals surface area contributed by atoms with Gasteiger partial charge < -0.3 is 10.0 Å². The summed E-state index contributed by atoms with van der Waals surface area (Å²) in [6.45, 7) is 3.29. The molecule has 0 atom stereocenters. The Morgan fingerprint density at radius 1 is 1.37 bits per heavy atom. The first-order valence-electron chi connectivity index (χ1n) is 5.99. The largest absolute Gasteiger partial charge is 0.390 e. The van der Waals surface area contributed by atoms with E-state index < -0.39 is 12.6 Å². The minimum absolute atomic E-state index is 0.0971. The molecule has 1 aromatic heterocycles. The molecular formula is C12H18F3N3O. The van der Waals surface area contributed by atoms with Gasteiger partial charge in [0.25, 0.3) is 0 Å². The van der Waals surface area contributed by atoms with Crippen molar-refractivity contribution < 1.29 is 18.3 Å². The van der Waals surface area contributed by atoms with Gasteiger partial charge in [0, 0.05) is 19.5 Å². The number of alkyl halides is 3. The second kappa shape index (κ2) is 6.18. The highest BCUT2D eigenvalue weighted by Crippen LogP contribution is 2.23. The molecule has 1 heterocycles. The minimum Gasteiger partial charge on any atom is -0.390 e. The van der Waals surface area contributed by atoms with Crippen LogP contribution >= 0.6 is 0 Å². The Labute approximate surface area is 110 Å². The van der Waals surface area contributed by atoms with Gasteiger partial charge in [0.2, 0.25) is 0 Å². The third-order valence-corrected chi connectivity index (χ3v) is 2.67. The molecule has 0 unspecified atom stereocenters. The van der Waals surface area contributed by atoms with Gasteiger partial charge >= 0.3 is 6.18 Å². The lowest BCUT2D eigenvalue weighted by Crippen LogP contribution is -2.25. The molecule has 0 aliphatic carbocycles. The zero-order valence-electron chi connectivity index (χ0n) is 11.2. The zero-order valence-corrected chi connectivity index (χ0v) is 11.2. The topological polar surface area (TPSA) is 49.2 Å². The van der Waals surface area contributed by atoms with E-state index in [4.69, 9.17) is 0 Å². The fraction of sp³-hybridized carbons (Fsp3) is 0.667. The van der Waals surface area contributed by atoms with Crippen molar-refractivity contribution in [3.8, 4) is 0 Å². The summed E-state index contributed by atoms with van der Waals surface area (Å²) in [7, 11) is 1.53. The molecule has 0 spiro atoms. The van der Waals surface area contributed by atoms with Gasteiger partial charge in [-0.05, 0) is 0 Å².